The van der Waals surface area contributed by atoms with Gasteiger partial charge in [0.2, 0.25) is 0 Å². The third-order valence-electron chi connectivity index (χ3n) is 4.84. The van der Waals surface area contributed by atoms with Gasteiger partial charge >= 0.3 is 0 Å². The van der Waals surface area contributed by atoms with E-state index in [4.69, 9.17) is 0 Å². The maximum absolute atomic E-state index is 12.9. The standard InChI is InChI=1S/C22H20BrN3O2S/c1-15-22(23)16(2)26(24-15)14-17-6-5-9-20(12-17)25-29(27,28)21-11-10-18-7-3-4-8-19(18)13-21/h3-13,25H,14H2,1-2H3. The van der Waals surface area contributed by atoms with Gasteiger partial charge in [0.25, 0.3) is 10.0 Å². The number of hydrogen-bond donors (Lipinski definition) is 1. The van der Waals surface area contributed by atoms with E-state index in [9.17, 15) is 8.42 Å². The van der Waals surface area contributed by atoms with Crippen molar-refractivity contribution < 1.29 is 8.42 Å². The Bertz CT molecular complexity index is 1310. The van der Waals surface area contributed by atoms with Crippen LogP contribution < -0.4 is 4.72 Å². The molecule has 0 atom stereocenters. The van der Waals surface area contributed by atoms with Gasteiger partial charge in [0.15, 0.2) is 0 Å². The molecule has 0 spiro atoms. The van der Waals surface area contributed by atoms with Crippen molar-refractivity contribution in [3.05, 3.63) is 88.2 Å². The van der Waals surface area contributed by atoms with Gasteiger partial charge in [-0.1, -0.05) is 42.5 Å². The molecule has 1 heterocycles. The summed E-state index contributed by atoms with van der Waals surface area (Å²) in [6.07, 6.45) is 0. The molecule has 0 bridgehead atoms. The number of fused-ring (bicyclic) bond motifs is 1. The molecule has 1 aromatic heterocycles. The van der Waals surface area contributed by atoms with E-state index in [1.807, 2.05) is 67.1 Å². The van der Waals surface area contributed by atoms with Crippen LogP contribution in [0.15, 0.2) is 76.1 Å². The largest absolute Gasteiger partial charge is 0.280 e. The number of nitrogens with one attached hydrogen (secondary N) is 1. The van der Waals surface area contributed by atoms with Crippen LogP contribution in [0.4, 0.5) is 5.69 Å². The highest BCUT2D eigenvalue weighted by atomic mass is 79.9. The van der Waals surface area contributed by atoms with Crippen LogP contribution in [0.3, 0.4) is 0 Å². The summed E-state index contributed by atoms with van der Waals surface area (Å²) in [5.41, 5.74) is 3.44. The Morgan fingerprint density at radius 1 is 0.966 bits per heavy atom. The highest BCUT2D eigenvalue weighted by Gasteiger charge is 2.15. The Morgan fingerprint density at radius 3 is 2.45 bits per heavy atom. The molecule has 29 heavy (non-hydrogen) atoms. The SMILES string of the molecule is Cc1nn(Cc2cccc(NS(=O)(=O)c3ccc4ccccc4c3)c2)c(C)c1Br. The van der Waals surface area contributed by atoms with Gasteiger partial charge in [0.1, 0.15) is 0 Å². The van der Waals surface area contributed by atoms with Crippen molar-refractivity contribution in [3.63, 3.8) is 0 Å². The number of rotatable bonds is 5. The fraction of sp³-hybridized carbons (Fsp3) is 0.136. The summed E-state index contributed by atoms with van der Waals surface area (Å²) < 4.78 is 31.3. The van der Waals surface area contributed by atoms with E-state index in [1.165, 1.54) is 0 Å². The van der Waals surface area contributed by atoms with Crippen LogP contribution in [0, 0.1) is 13.8 Å². The lowest BCUT2D eigenvalue weighted by atomic mass is 10.1. The van der Waals surface area contributed by atoms with Gasteiger partial charge in [-0.25, -0.2) is 8.42 Å². The van der Waals surface area contributed by atoms with Gasteiger partial charge in [-0.15, -0.1) is 0 Å². The molecule has 4 rings (SSSR count). The Balaban J connectivity index is 1.60. The van der Waals surface area contributed by atoms with Crippen LogP contribution in [0.2, 0.25) is 0 Å². The zero-order valence-corrected chi connectivity index (χ0v) is 18.5. The van der Waals surface area contributed by atoms with Crippen LogP contribution in [0.5, 0.6) is 0 Å². The Kier molecular flexibility index (Phi) is 5.19. The minimum Gasteiger partial charge on any atom is -0.280 e. The smallest absolute Gasteiger partial charge is 0.261 e. The van der Waals surface area contributed by atoms with E-state index in [-0.39, 0.29) is 4.90 Å². The second-order valence-corrected chi connectivity index (χ2v) is 9.43. The molecule has 0 saturated carbocycles. The lowest BCUT2D eigenvalue weighted by Gasteiger charge is -2.11. The zero-order chi connectivity index (χ0) is 20.6. The van der Waals surface area contributed by atoms with Gasteiger partial charge in [0, 0.05) is 5.69 Å². The first-order chi connectivity index (χ1) is 13.8. The molecule has 0 aliphatic heterocycles. The van der Waals surface area contributed by atoms with Crippen molar-refractivity contribution in [1.29, 1.82) is 0 Å². The predicted molar refractivity (Wildman–Crippen MR) is 120 cm³/mol. The lowest BCUT2D eigenvalue weighted by Crippen LogP contribution is -2.13. The van der Waals surface area contributed by atoms with Gasteiger partial charge in [-0.05, 0) is 70.4 Å². The fourth-order valence-corrected chi connectivity index (χ4v) is 4.65. The summed E-state index contributed by atoms with van der Waals surface area (Å²) in [6.45, 7) is 4.50. The van der Waals surface area contributed by atoms with Crippen LogP contribution in [-0.4, -0.2) is 18.2 Å². The normalized spacial score (nSPS) is 11.7. The summed E-state index contributed by atoms with van der Waals surface area (Å²) in [5.74, 6) is 0. The van der Waals surface area contributed by atoms with Crippen molar-refractivity contribution in [3.8, 4) is 0 Å². The third-order valence-corrected chi connectivity index (χ3v) is 7.36. The van der Waals surface area contributed by atoms with Crippen molar-refractivity contribution >= 4 is 42.4 Å². The molecule has 4 aromatic rings. The first-order valence-corrected chi connectivity index (χ1v) is 11.4. The van der Waals surface area contributed by atoms with Gasteiger partial charge < -0.3 is 0 Å². The molecule has 0 radical (unpaired) electrons. The van der Waals surface area contributed by atoms with E-state index < -0.39 is 10.0 Å². The van der Waals surface area contributed by atoms with Crippen LogP contribution >= 0.6 is 15.9 Å². The molecule has 0 amide bonds. The number of halogens is 1. The number of anilines is 1. The van der Waals surface area contributed by atoms with E-state index in [1.54, 1.807) is 18.2 Å². The van der Waals surface area contributed by atoms with Crippen molar-refractivity contribution in [2.24, 2.45) is 0 Å². The Hall–Kier alpha value is -2.64. The monoisotopic (exact) mass is 469 g/mol. The Labute approximate surface area is 178 Å². The van der Waals surface area contributed by atoms with E-state index >= 15 is 0 Å². The number of benzene rings is 3. The molecule has 0 saturated heterocycles. The minimum absolute atomic E-state index is 0.240. The summed E-state index contributed by atoms with van der Waals surface area (Å²) in [7, 11) is -3.69. The third kappa shape index (κ3) is 4.06. The van der Waals surface area contributed by atoms with Crippen molar-refractivity contribution in [2.75, 3.05) is 4.72 Å². The highest BCUT2D eigenvalue weighted by molar-refractivity contribution is 9.10. The van der Waals surface area contributed by atoms with E-state index in [0.717, 1.165) is 32.2 Å². The van der Waals surface area contributed by atoms with Crippen LogP contribution in [0.25, 0.3) is 10.8 Å². The van der Waals surface area contributed by atoms with Crippen LogP contribution in [0.1, 0.15) is 17.0 Å². The van der Waals surface area contributed by atoms with Crippen molar-refractivity contribution in [1.82, 2.24) is 9.78 Å². The second-order valence-electron chi connectivity index (χ2n) is 6.96. The predicted octanol–water partition coefficient (Wildman–Crippen LogP) is 5.26. The summed E-state index contributed by atoms with van der Waals surface area (Å²) in [6, 6.07) is 20.2. The molecule has 7 heteroatoms. The van der Waals surface area contributed by atoms with Crippen molar-refractivity contribution in [2.45, 2.75) is 25.3 Å². The second kappa shape index (κ2) is 7.65. The number of aryl methyl sites for hydroxylation is 1. The number of aromatic nitrogens is 2. The molecular formula is C22H20BrN3O2S. The van der Waals surface area contributed by atoms with Gasteiger partial charge in [-0.3, -0.25) is 9.40 Å². The average molecular weight is 470 g/mol. The highest BCUT2D eigenvalue weighted by Crippen LogP contribution is 2.23. The first kappa shape index (κ1) is 19.7. The lowest BCUT2D eigenvalue weighted by molar-refractivity contribution is 0.601. The molecule has 3 aromatic carbocycles. The van der Waals surface area contributed by atoms with Gasteiger partial charge in [-0.2, -0.15) is 5.10 Å². The molecule has 0 aliphatic rings. The Morgan fingerprint density at radius 2 is 1.72 bits per heavy atom. The number of hydrogen-bond acceptors (Lipinski definition) is 3. The molecule has 5 nitrogen and oxygen atoms in total. The quantitative estimate of drug-likeness (QED) is 0.433. The molecule has 0 fully saturated rings. The molecular weight excluding hydrogens is 450 g/mol. The average Bonchev–Trinajstić information content (AvgIpc) is 2.94. The first-order valence-electron chi connectivity index (χ1n) is 9.13. The van der Waals surface area contributed by atoms with Gasteiger partial charge in [0.05, 0.1) is 27.3 Å². The minimum atomic E-state index is -3.69. The fourth-order valence-electron chi connectivity index (χ4n) is 3.28. The molecule has 0 unspecified atom stereocenters. The maximum atomic E-state index is 12.9. The molecule has 1 N–H and O–H groups in total. The maximum Gasteiger partial charge on any atom is 0.261 e. The van der Waals surface area contributed by atoms with E-state index in [0.29, 0.717) is 12.2 Å². The summed E-state index contributed by atoms with van der Waals surface area (Å²) in [5, 5.41) is 6.41. The topological polar surface area (TPSA) is 64.0 Å². The van der Waals surface area contributed by atoms with Crippen LogP contribution in [-0.2, 0) is 16.6 Å². The molecule has 0 aliphatic carbocycles. The zero-order valence-electron chi connectivity index (χ0n) is 16.1. The van der Waals surface area contributed by atoms with E-state index in [2.05, 4.69) is 25.8 Å². The number of sulfonamides is 1. The summed E-state index contributed by atoms with van der Waals surface area (Å²) >= 11 is 3.54. The number of nitrogens with zero attached hydrogens (tertiary/aromatic N) is 2. The molecule has 148 valence electrons. The summed E-state index contributed by atoms with van der Waals surface area (Å²) in [4.78, 5) is 0.240.